The topological polar surface area (TPSA) is 90.2 Å². The fourth-order valence-corrected chi connectivity index (χ4v) is 1.80. The third-order valence-electron chi connectivity index (χ3n) is 2.57. The summed E-state index contributed by atoms with van der Waals surface area (Å²) in [6.45, 7) is 4.01. The highest BCUT2D eigenvalue weighted by molar-refractivity contribution is 6.30. The van der Waals surface area contributed by atoms with E-state index in [1.807, 2.05) is 6.92 Å². The van der Waals surface area contributed by atoms with Crippen LogP contribution in [0, 0.1) is 17.0 Å². The first kappa shape index (κ1) is 15.0. The highest BCUT2D eigenvalue weighted by atomic mass is 35.5. The second-order valence-electron chi connectivity index (χ2n) is 4.13. The number of hydrogen-bond acceptors (Lipinski definition) is 6. The first-order valence-electron chi connectivity index (χ1n) is 6.21. The number of ether oxygens (including phenoxy) is 1. The molecule has 0 aliphatic rings. The number of nitrogens with zero attached hydrogens (tertiary/aromatic N) is 3. The summed E-state index contributed by atoms with van der Waals surface area (Å²) in [5, 5.41) is 14.6. The van der Waals surface area contributed by atoms with E-state index >= 15 is 0 Å². The molecule has 0 bridgehead atoms. The Morgan fingerprint density at radius 1 is 1.33 bits per heavy atom. The fourth-order valence-electron chi connectivity index (χ4n) is 1.67. The van der Waals surface area contributed by atoms with Gasteiger partial charge in [-0.25, -0.2) is 4.98 Å². The number of nitrogens with one attached hydrogen (secondary N) is 1. The van der Waals surface area contributed by atoms with Crippen molar-refractivity contribution in [3.05, 3.63) is 45.1 Å². The Balaban J connectivity index is 2.43. The molecule has 110 valence electrons. The smallest absolute Gasteiger partial charge is 0.352 e. The molecule has 7 nitrogen and oxygen atoms in total. The minimum atomic E-state index is -0.559. The number of aryl methyl sites for hydroxylation is 1. The summed E-state index contributed by atoms with van der Waals surface area (Å²) >= 11 is 5.79. The van der Waals surface area contributed by atoms with Gasteiger partial charge in [0.2, 0.25) is 5.95 Å². The number of nitro groups is 1. The van der Waals surface area contributed by atoms with Gasteiger partial charge in [-0.05, 0) is 38.1 Å². The molecular formula is C13H13ClN4O3. The molecule has 1 aromatic carbocycles. The summed E-state index contributed by atoms with van der Waals surface area (Å²) in [7, 11) is 0. The average Bonchev–Trinajstić information content (AvgIpc) is 2.41. The molecule has 8 heteroatoms. The molecule has 0 spiro atoms. The maximum Gasteiger partial charge on any atom is 0.352 e. The van der Waals surface area contributed by atoms with Gasteiger partial charge in [-0.15, -0.1) is 0 Å². The third-order valence-corrected chi connectivity index (χ3v) is 2.82. The van der Waals surface area contributed by atoms with Crippen molar-refractivity contribution in [2.75, 3.05) is 11.9 Å². The zero-order chi connectivity index (χ0) is 15.4. The maximum atomic E-state index is 11.2. The number of rotatable bonds is 5. The molecule has 1 heterocycles. The Morgan fingerprint density at radius 3 is 2.57 bits per heavy atom. The van der Waals surface area contributed by atoms with Crippen LogP contribution in [0.1, 0.15) is 12.6 Å². The molecule has 0 aliphatic heterocycles. The van der Waals surface area contributed by atoms with Gasteiger partial charge in [0.15, 0.2) is 0 Å². The molecule has 0 radical (unpaired) electrons. The highest BCUT2D eigenvalue weighted by Gasteiger charge is 2.24. The normalized spacial score (nSPS) is 10.2. The summed E-state index contributed by atoms with van der Waals surface area (Å²) < 4.78 is 5.50. The van der Waals surface area contributed by atoms with Crippen molar-refractivity contribution in [2.45, 2.75) is 13.8 Å². The lowest BCUT2D eigenvalue weighted by atomic mass is 10.3. The molecule has 1 aromatic heterocycles. The molecule has 2 rings (SSSR count). The van der Waals surface area contributed by atoms with Crippen molar-refractivity contribution in [3.63, 3.8) is 0 Å². The molecule has 0 saturated heterocycles. The molecule has 1 N–H and O–H groups in total. The van der Waals surface area contributed by atoms with Crippen molar-refractivity contribution in [3.8, 4) is 11.6 Å². The van der Waals surface area contributed by atoms with Crippen LogP contribution in [-0.2, 0) is 0 Å². The monoisotopic (exact) mass is 308 g/mol. The van der Waals surface area contributed by atoms with Crippen LogP contribution in [0.4, 0.5) is 11.6 Å². The van der Waals surface area contributed by atoms with Crippen molar-refractivity contribution in [1.82, 2.24) is 9.97 Å². The van der Waals surface area contributed by atoms with E-state index in [4.69, 9.17) is 16.3 Å². The van der Waals surface area contributed by atoms with Crippen LogP contribution in [0.15, 0.2) is 24.3 Å². The Morgan fingerprint density at radius 2 is 2.00 bits per heavy atom. The van der Waals surface area contributed by atoms with E-state index < -0.39 is 4.92 Å². The largest absolute Gasteiger partial charge is 0.434 e. The molecule has 0 fully saturated rings. The molecule has 21 heavy (non-hydrogen) atoms. The number of benzene rings is 1. The van der Waals surface area contributed by atoms with E-state index in [1.54, 1.807) is 24.3 Å². The number of anilines is 1. The van der Waals surface area contributed by atoms with Crippen molar-refractivity contribution < 1.29 is 9.66 Å². The van der Waals surface area contributed by atoms with Crippen LogP contribution in [0.5, 0.6) is 11.6 Å². The lowest BCUT2D eigenvalue weighted by molar-refractivity contribution is -0.386. The van der Waals surface area contributed by atoms with Gasteiger partial charge in [0.25, 0.3) is 0 Å². The zero-order valence-electron chi connectivity index (χ0n) is 11.5. The standard InChI is InChI=1S/C13H13ClN4O3/c1-3-15-13-16-8(2)11(18(19)20)12(17-13)21-10-6-4-9(14)5-7-10/h4-7H,3H2,1-2H3,(H,15,16,17). The minimum absolute atomic E-state index is 0.106. The van der Waals surface area contributed by atoms with Gasteiger partial charge in [-0.3, -0.25) is 10.1 Å². The van der Waals surface area contributed by atoms with Crippen LogP contribution in [-0.4, -0.2) is 21.4 Å². The molecule has 0 unspecified atom stereocenters. The predicted octanol–water partition coefficient (Wildman–Crippen LogP) is 3.57. The first-order valence-corrected chi connectivity index (χ1v) is 6.59. The van der Waals surface area contributed by atoms with Gasteiger partial charge in [0, 0.05) is 11.6 Å². The van der Waals surface area contributed by atoms with Crippen LogP contribution in [0.25, 0.3) is 0 Å². The van der Waals surface area contributed by atoms with Gasteiger partial charge in [0.1, 0.15) is 11.4 Å². The summed E-state index contributed by atoms with van der Waals surface area (Å²) in [6.07, 6.45) is 0. The van der Waals surface area contributed by atoms with E-state index in [0.717, 1.165) is 0 Å². The number of hydrogen-bond donors (Lipinski definition) is 1. The second-order valence-corrected chi connectivity index (χ2v) is 4.57. The molecule has 0 saturated carbocycles. The van der Waals surface area contributed by atoms with Gasteiger partial charge in [-0.2, -0.15) is 4.98 Å². The van der Waals surface area contributed by atoms with E-state index in [0.29, 0.717) is 17.3 Å². The summed E-state index contributed by atoms with van der Waals surface area (Å²) in [5.74, 6) is 0.582. The summed E-state index contributed by atoms with van der Waals surface area (Å²) in [4.78, 5) is 18.7. The zero-order valence-corrected chi connectivity index (χ0v) is 12.2. The van der Waals surface area contributed by atoms with Crippen LogP contribution in [0.2, 0.25) is 5.02 Å². The SMILES string of the molecule is CCNc1nc(C)c([N+](=O)[O-])c(Oc2ccc(Cl)cc2)n1. The van der Waals surface area contributed by atoms with Crippen LogP contribution < -0.4 is 10.1 Å². The van der Waals surface area contributed by atoms with Crippen LogP contribution >= 0.6 is 11.6 Å². The molecule has 2 aromatic rings. The van der Waals surface area contributed by atoms with Gasteiger partial charge >= 0.3 is 11.6 Å². The number of halogens is 1. The van der Waals surface area contributed by atoms with Crippen LogP contribution in [0.3, 0.4) is 0 Å². The van der Waals surface area contributed by atoms with E-state index in [1.165, 1.54) is 6.92 Å². The summed E-state index contributed by atoms with van der Waals surface area (Å²) in [5.41, 5.74) is -0.0264. The second kappa shape index (κ2) is 6.36. The van der Waals surface area contributed by atoms with Gasteiger partial charge < -0.3 is 10.1 Å². The lowest BCUT2D eigenvalue weighted by Gasteiger charge is -2.09. The molecule has 0 amide bonds. The van der Waals surface area contributed by atoms with E-state index in [2.05, 4.69) is 15.3 Å². The van der Waals surface area contributed by atoms with Crippen molar-refractivity contribution in [1.29, 1.82) is 0 Å². The van der Waals surface area contributed by atoms with Gasteiger partial charge in [-0.1, -0.05) is 11.6 Å². The van der Waals surface area contributed by atoms with Crippen molar-refractivity contribution in [2.24, 2.45) is 0 Å². The third kappa shape index (κ3) is 3.57. The Hall–Kier alpha value is -2.41. The maximum absolute atomic E-state index is 11.2. The Labute approximate surface area is 126 Å². The Bertz CT molecular complexity index is 661. The first-order chi connectivity index (χ1) is 10.0. The van der Waals surface area contributed by atoms with E-state index in [9.17, 15) is 10.1 Å². The van der Waals surface area contributed by atoms with E-state index in [-0.39, 0.29) is 23.2 Å². The van der Waals surface area contributed by atoms with Gasteiger partial charge in [0.05, 0.1) is 4.92 Å². The molecular weight excluding hydrogens is 296 g/mol. The fraction of sp³-hybridized carbons (Fsp3) is 0.231. The number of aromatic nitrogens is 2. The average molecular weight is 309 g/mol. The van der Waals surface area contributed by atoms with Crippen molar-refractivity contribution >= 4 is 23.2 Å². The highest BCUT2D eigenvalue weighted by Crippen LogP contribution is 2.32. The Kier molecular flexibility index (Phi) is 4.54. The quantitative estimate of drug-likeness (QED) is 0.670. The predicted molar refractivity (Wildman–Crippen MR) is 79.1 cm³/mol. The minimum Gasteiger partial charge on any atom is -0.434 e. The lowest BCUT2D eigenvalue weighted by Crippen LogP contribution is -2.07. The summed E-state index contributed by atoms with van der Waals surface area (Å²) in [6, 6.07) is 6.47. The molecule has 0 atom stereocenters. The molecule has 0 aliphatic carbocycles.